The Bertz CT molecular complexity index is 1130. The molecule has 5 rings (SSSR count). The second-order valence-corrected chi connectivity index (χ2v) is 8.75. The molecule has 0 fully saturated rings. The molecule has 1 unspecified atom stereocenters. The van der Waals surface area contributed by atoms with Gasteiger partial charge in [0, 0.05) is 38.8 Å². The third-order valence-electron chi connectivity index (χ3n) is 6.12. The van der Waals surface area contributed by atoms with E-state index in [1.807, 2.05) is 12.1 Å². The number of ether oxygens (including phenoxy) is 2. The Hall–Kier alpha value is -3.46. The number of amides is 1. The van der Waals surface area contributed by atoms with Crippen molar-refractivity contribution in [1.82, 2.24) is 30.0 Å². The third kappa shape index (κ3) is 4.54. The van der Waals surface area contributed by atoms with E-state index in [9.17, 15) is 4.79 Å². The molecule has 9 nitrogen and oxygen atoms in total. The molecule has 0 radical (unpaired) electrons. The molecule has 0 saturated carbocycles. The predicted octanol–water partition coefficient (Wildman–Crippen LogP) is 2.59. The van der Waals surface area contributed by atoms with Gasteiger partial charge in [0.1, 0.15) is 11.5 Å². The summed E-state index contributed by atoms with van der Waals surface area (Å²) in [5.74, 6) is 3.32. The van der Waals surface area contributed by atoms with E-state index in [-0.39, 0.29) is 24.7 Å². The monoisotopic (exact) mass is 448 g/mol. The summed E-state index contributed by atoms with van der Waals surface area (Å²) in [6.45, 7) is 7.79. The summed E-state index contributed by atoms with van der Waals surface area (Å²) in [6.07, 6.45) is 2.42. The number of benzene rings is 1. The first-order chi connectivity index (χ1) is 16.1. The Morgan fingerprint density at radius 3 is 2.79 bits per heavy atom. The molecule has 0 aliphatic carbocycles. The highest BCUT2D eigenvalue weighted by Crippen LogP contribution is 2.33. The van der Waals surface area contributed by atoms with Crippen molar-refractivity contribution >= 4 is 5.91 Å². The lowest BCUT2D eigenvalue weighted by atomic mass is 10.0. The van der Waals surface area contributed by atoms with Crippen molar-refractivity contribution in [3.8, 4) is 11.5 Å². The molecule has 0 spiro atoms. The molecule has 33 heavy (non-hydrogen) atoms. The van der Waals surface area contributed by atoms with E-state index in [2.05, 4.69) is 55.9 Å². The van der Waals surface area contributed by atoms with Crippen molar-refractivity contribution in [1.29, 1.82) is 0 Å². The Balaban J connectivity index is 1.29. The highest BCUT2D eigenvalue weighted by Gasteiger charge is 2.28. The van der Waals surface area contributed by atoms with Gasteiger partial charge in [-0.2, -0.15) is 0 Å². The third-order valence-corrected chi connectivity index (χ3v) is 6.12. The second-order valence-electron chi connectivity index (χ2n) is 8.75. The Kier molecular flexibility index (Phi) is 5.95. The van der Waals surface area contributed by atoms with E-state index in [1.54, 1.807) is 18.3 Å². The molecule has 3 aromatic rings. The van der Waals surface area contributed by atoms with Gasteiger partial charge in [-0.3, -0.25) is 14.7 Å². The maximum Gasteiger partial charge on any atom is 0.270 e. The van der Waals surface area contributed by atoms with Gasteiger partial charge >= 0.3 is 0 Å². The lowest BCUT2D eigenvalue weighted by Crippen LogP contribution is -2.34. The van der Waals surface area contributed by atoms with Crippen LogP contribution in [0.15, 0.2) is 42.6 Å². The minimum atomic E-state index is -0.249. The highest BCUT2D eigenvalue weighted by molar-refractivity contribution is 5.92. The minimum Gasteiger partial charge on any atom is -0.454 e. The van der Waals surface area contributed by atoms with E-state index < -0.39 is 0 Å². The molecule has 172 valence electrons. The van der Waals surface area contributed by atoms with E-state index in [0.29, 0.717) is 5.69 Å². The zero-order valence-electron chi connectivity index (χ0n) is 18.9. The average Bonchev–Trinajstić information content (AvgIpc) is 3.41. The lowest BCUT2D eigenvalue weighted by Gasteiger charge is -2.23. The van der Waals surface area contributed by atoms with Crippen LogP contribution in [0.2, 0.25) is 0 Å². The Morgan fingerprint density at radius 1 is 1.09 bits per heavy atom. The van der Waals surface area contributed by atoms with Crippen molar-refractivity contribution in [2.24, 2.45) is 5.92 Å². The van der Waals surface area contributed by atoms with E-state index in [0.717, 1.165) is 55.7 Å². The Labute approximate surface area is 192 Å². The molecule has 4 heterocycles. The quantitative estimate of drug-likeness (QED) is 0.619. The normalized spacial score (nSPS) is 16.3. The maximum absolute atomic E-state index is 12.8. The van der Waals surface area contributed by atoms with Crippen LogP contribution in [-0.2, 0) is 19.5 Å². The van der Waals surface area contributed by atoms with Crippen LogP contribution in [0.1, 0.15) is 47.6 Å². The van der Waals surface area contributed by atoms with Gasteiger partial charge in [0.15, 0.2) is 17.3 Å². The van der Waals surface area contributed by atoms with Crippen LogP contribution >= 0.6 is 0 Å². The molecule has 0 saturated heterocycles. The van der Waals surface area contributed by atoms with E-state index >= 15 is 0 Å². The van der Waals surface area contributed by atoms with Crippen LogP contribution < -0.4 is 14.8 Å². The number of hydrogen-bond donors (Lipinski definition) is 1. The summed E-state index contributed by atoms with van der Waals surface area (Å²) in [5.41, 5.74) is 1.59. The van der Waals surface area contributed by atoms with Gasteiger partial charge in [-0.25, -0.2) is 0 Å². The molecular weight excluding hydrogens is 420 g/mol. The zero-order valence-corrected chi connectivity index (χ0v) is 18.9. The number of nitrogens with zero attached hydrogens (tertiary/aromatic N) is 5. The number of pyridine rings is 1. The fourth-order valence-electron chi connectivity index (χ4n) is 4.32. The van der Waals surface area contributed by atoms with Crippen molar-refractivity contribution in [2.45, 2.75) is 39.4 Å². The van der Waals surface area contributed by atoms with Gasteiger partial charge in [-0.15, -0.1) is 10.2 Å². The first-order valence-corrected chi connectivity index (χ1v) is 11.3. The van der Waals surface area contributed by atoms with Gasteiger partial charge in [-0.05, 0) is 35.7 Å². The molecule has 1 atom stereocenters. The molecule has 2 aromatic heterocycles. The molecular formula is C24H28N6O3. The van der Waals surface area contributed by atoms with Crippen LogP contribution in [0.25, 0.3) is 0 Å². The molecule has 1 aromatic carbocycles. The van der Waals surface area contributed by atoms with Crippen molar-refractivity contribution in [2.75, 3.05) is 19.9 Å². The summed E-state index contributed by atoms with van der Waals surface area (Å²) in [4.78, 5) is 19.3. The summed E-state index contributed by atoms with van der Waals surface area (Å²) in [6, 6.07) is 11.2. The van der Waals surface area contributed by atoms with Gasteiger partial charge in [0.2, 0.25) is 6.79 Å². The summed E-state index contributed by atoms with van der Waals surface area (Å²) in [5, 5.41) is 12.1. The number of carbonyl (C=O) groups excluding carboxylic acids is 1. The number of nitrogens with one attached hydrogen (secondary N) is 1. The first kappa shape index (κ1) is 21.4. The molecule has 1 N–H and O–H groups in total. The van der Waals surface area contributed by atoms with Crippen molar-refractivity contribution in [3.63, 3.8) is 0 Å². The molecule has 9 heteroatoms. The van der Waals surface area contributed by atoms with Crippen LogP contribution in [-0.4, -0.2) is 50.4 Å². The van der Waals surface area contributed by atoms with Crippen LogP contribution in [0.3, 0.4) is 0 Å². The van der Waals surface area contributed by atoms with Crippen LogP contribution in [0.5, 0.6) is 11.5 Å². The van der Waals surface area contributed by atoms with E-state index in [1.165, 1.54) is 5.56 Å². The van der Waals surface area contributed by atoms with Gasteiger partial charge in [-0.1, -0.05) is 26.0 Å². The molecule has 2 aliphatic heterocycles. The SMILES string of the molecule is CC(C)C(NC(=O)c1ccccn1)c1nnc2n1CCN(Cc1ccc3c(c1)OCO3)CC2. The molecule has 2 aliphatic rings. The fraction of sp³-hybridized carbons (Fsp3) is 0.417. The zero-order chi connectivity index (χ0) is 22.8. The van der Waals surface area contributed by atoms with Gasteiger partial charge < -0.3 is 19.4 Å². The Morgan fingerprint density at radius 2 is 1.97 bits per heavy atom. The summed E-state index contributed by atoms with van der Waals surface area (Å²) < 4.78 is 13.1. The number of rotatable bonds is 6. The van der Waals surface area contributed by atoms with Crippen LogP contribution in [0.4, 0.5) is 0 Å². The smallest absolute Gasteiger partial charge is 0.270 e. The fourth-order valence-corrected chi connectivity index (χ4v) is 4.32. The van der Waals surface area contributed by atoms with Crippen molar-refractivity contribution < 1.29 is 14.3 Å². The number of aromatic nitrogens is 4. The van der Waals surface area contributed by atoms with Gasteiger partial charge in [0.25, 0.3) is 5.91 Å². The maximum atomic E-state index is 12.8. The topological polar surface area (TPSA) is 94.4 Å². The largest absolute Gasteiger partial charge is 0.454 e. The lowest BCUT2D eigenvalue weighted by molar-refractivity contribution is 0.0916. The average molecular weight is 449 g/mol. The number of carbonyl (C=O) groups is 1. The molecule has 0 bridgehead atoms. The van der Waals surface area contributed by atoms with Crippen molar-refractivity contribution in [3.05, 3.63) is 65.5 Å². The summed E-state index contributed by atoms with van der Waals surface area (Å²) in [7, 11) is 0. The van der Waals surface area contributed by atoms with Gasteiger partial charge in [0.05, 0.1) is 6.04 Å². The predicted molar refractivity (Wildman–Crippen MR) is 121 cm³/mol. The number of fused-ring (bicyclic) bond motifs is 2. The van der Waals surface area contributed by atoms with Crippen LogP contribution in [0, 0.1) is 5.92 Å². The minimum absolute atomic E-state index is 0.152. The number of hydrogen-bond acceptors (Lipinski definition) is 7. The second kappa shape index (κ2) is 9.19. The van der Waals surface area contributed by atoms with E-state index in [4.69, 9.17) is 9.47 Å². The molecule has 1 amide bonds. The standard InChI is InChI=1S/C24H28N6O3/c1-16(2)22(26-24(31)18-5-3-4-9-25-18)23-28-27-21-8-10-29(11-12-30(21)23)14-17-6-7-19-20(13-17)33-15-32-19/h3-7,9,13,16,22H,8,10-12,14-15H2,1-2H3,(H,26,31). The highest BCUT2D eigenvalue weighted by atomic mass is 16.7. The first-order valence-electron chi connectivity index (χ1n) is 11.3. The summed E-state index contributed by atoms with van der Waals surface area (Å²) >= 11 is 0.